The number of pyridine rings is 1. The van der Waals surface area contributed by atoms with Crippen LogP contribution in [0.2, 0.25) is 0 Å². The van der Waals surface area contributed by atoms with Gasteiger partial charge in [0, 0.05) is 17.8 Å². The molecule has 0 saturated carbocycles. The molecule has 0 spiro atoms. The summed E-state index contributed by atoms with van der Waals surface area (Å²) in [6, 6.07) is 5.62. The van der Waals surface area contributed by atoms with Crippen molar-refractivity contribution >= 4 is 23.3 Å². The molecule has 1 aliphatic heterocycles. The molecule has 1 amide bonds. The summed E-state index contributed by atoms with van der Waals surface area (Å²) in [4.78, 5) is 11.8. The number of nitrogens with zero attached hydrogens (tertiary/aromatic N) is 3. The number of aromatic nitrogens is 3. The van der Waals surface area contributed by atoms with E-state index in [2.05, 4.69) is 20.8 Å². The molecule has 94 valence electrons. The van der Waals surface area contributed by atoms with Gasteiger partial charge in [-0.3, -0.25) is 14.5 Å². The van der Waals surface area contributed by atoms with Gasteiger partial charge in [0.1, 0.15) is 0 Å². The first kappa shape index (κ1) is 11.5. The van der Waals surface area contributed by atoms with Gasteiger partial charge in [0.15, 0.2) is 11.5 Å². The van der Waals surface area contributed by atoms with Gasteiger partial charge in [0.2, 0.25) is 5.91 Å². The Morgan fingerprint density at radius 1 is 1.56 bits per heavy atom. The molecule has 0 bridgehead atoms. The summed E-state index contributed by atoms with van der Waals surface area (Å²) in [5.41, 5.74) is 0.788. The molecule has 3 rings (SSSR count). The van der Waals surface area contributed by atoms with Crippen molar-refractivity contribution in [1.82, 2.24) is 25.2 Å². The SMILES string of the molecule is O=C(NCc1nnc2ccccn12)C1CSCN1. The number of amides is 1. The van der Waals surface area contributed by atoms with Gasteiger partial charge in [-0.2, -0.15) is 0 Å². The minimum absolute atomic E-state index is 0.0210. The van der Waals surface area contributed by atoms with Gasteiger partial charge >= 0.3 is 0 Å². The maximum absolute atomic E-state index is 11.8. The summed E-state index contributed by atoms with van der Waals surface area (Å²) in [5, 5.41) is 14.1. The first-order valence-electron chi connectivity index (χ1n) is 5.72. The Labute approximate surface area is 108 Å². The highest BCUT2D eigenvalue weighted by molar-refractivity contribution is 7.99. The summed E-state index contributed by atoms with van der Waals surface area (Å²) in [5.74, 6) is 2.43. The number of fused-ring (bicyclic) bond motifs is 1. The number of hydrogen-bond acceptors (Lipinski definition) is 5. The summed E-state index contributed by atoms with van der Waals surface area (Å²) >= 11 is 1.73. The third-order valence-corrected chi connectivity index (χ3v) is 3.78. The number of carbonyl (C=O) groups excluding carboxylic acids is 1. The topological polar surface area (TPSA) is 71.3 Å². The highest BCUT2D eigenvalue weighted by Crippen LogP contribution is 2.09. The Balaban J connectivity index is 1.67. The van der Waals surface area contributed by atoms with E-state index in [1.165, 1.54) is 0 Å². The molecule has 1 unspecified atom stereocenters. The lowest BCUT2D eigenvalue weighted by Gasteiger charge is -2.09. The van der Waals surface area contributed by atoms with E-state index >= 15 is 0 Å². The van der Waals surface area contributed by atoms with Gasteiger partial charge in [0.25, 0.3) is 0 Å². The molecular formula is C11H13N5OS. The smallest absolute Gasteiger partial charge is 0.238 e. The third kappa shape index (κ3) is 2.19. The second kappa shape index (κ2) is 4.95. The van der Waals surface area contributed by atoms with Crippen molar-refractivity contribution in [3.05, 3.63) is 30.2 Å². The van der Waals surface area contributed by atoms with Crippen LogP contribution >= 0.6 is 11.8 Å². The second-order valence-electron chi connectivity index (χ2n) is 4.03. The fourth-order valence-electron chi connectivity index (χ4n) is 1.86. The van der Waals surface area contributed by atoms with Crippen LogP contribution in [0.4, 0.5) is 0 Å². The number of rotatable bonds is 3. The largest absolute Gasteiger partial charge is 0.347 e. The van der Waals surface area contributed by atoms with Crippen LogP contribution < -0.4 is 10.6 Å². The summed E-state index contributed by atoms with van der Waals surface area (Å²) in [7, 11) is 0. The summed E-state index contributed by atoms with van der Waals surface area (Å²) in [6.07, 6.45) is 1.89. The van der Waals surface area contributed by atoms with Crippen molar-refractivity contribution in [3.8, 4) is 0 Å². The van der Waals surface area contributed by atoms with E-state index in [4.69, 9.17) is 0 Å². The molecule has 6 nitrogen and oxygen atoms in total. The Kier molecular flexibility index (Phi) is 3.16. The second-order valence-corrected chi connectivity index (χ2v) is 5.06. The van der Waals surface area contributed by atoms with Crippen LogP contribution in [-0.4, -0.2) is 38.2 Å². The molecule has 2 aromatic rings. The average Bonchev–Trinajstić information content (AvgIpc) is 3.06. The predicted molar refractivity (Wildman–Crippen MR) is 69.1 cm³/mol. The lowest BCUT2D eigenvalue weighted by molar-refractivity contribution is -0.122. The highest BCUT2D eigenvalue weighted by atomic mass is 32.2. The Morgan fingerprint density at radius 2 is 2.50 bits per heavy atom. The van der Waals surface area contributed by atoms with E-state index in [0.29, 0.717) is 6.54 Å². The molecule has 1 atom stereocenters. The van der Waals surface area contributed by atoms with Crippen molar-refractivity contribution in [3.63, 3.8) is 0 Å². The number of hydrogen-bond donors (Lipinski definition) is 2. The molecule has 1 fully saturated rings. The quantitative estimate of drug-likeness (QED) is 0.816. The van der Waals surface area contributed by atoms with Gasteiger partial charge in [-0.1, -0.05) is 6.07 Å². The van der Waals surface area contributed by atoms with Crippen molar-refractivity contribution in [2.45, 2.75) is 12.6 Å². The molecule has 0 aliphatic carbocycles. The minimum atomic E-state index is -0.0887. The maximum Gasteiger partial charge on any atom is 0.238 e. The van der Waals surface area contributed by atoms with Crippen molar-refractivity contribution in [2.24, 2.45) is 0 Å². The average molecular weight is 263 g/mol. The van der Waals surface area contributed by atoms with Crippen LogP contribution in [0, 0.1) is 0 Å². The van der Waals surface area contributed by atoms with Crippen molar-refractivity contribution in [1.29, 1.82) is 0 Å². The van der Waals surface area contributed by atoms with Crippen LogP contribution in [-0.2, 0) is 11.3 Å². The molecule has 1 aliphatic rings. The lowest BCUT2D eigenvalue weighted by Crippen LogP contribution is -2.41. The molecular weight excluding hydrogens is 250 g/mol. The maximum atomic E-state index is 11.8. The van der Waals surface area contributed by atoms with Gasteiger partial charge in [0.05, 0.1) is 12.6 Å². The molecule has 2 N–H and O–H groups in total. The van der Waals surface area contributed by atoms with Gasteiger partial charge in [-0.15, -0.1) is 22.0 Å². The van der Waals surface area contributed by atoms with E-state index in [9.17, 15) is 4.79 Å². The van der Waals surface area contributed by atoms with Gasteiger partial charge in [-0.25, -0.2) is 0 Å². The first-order valence-corrected chi connectivity index (χ1v) is 6.87. The Morgan fingerprint density at radius 3 is 3.33 bits per heavy atom. The van der Waals surface area contributed by atoms with Crippen molar-refractivity contribution < 1.29 is 4.79 Å². The number of nitrogens with one attached hydrogen (secondary N) is 2. The van der Waals surface area contributed by atoms with E-state index in [1.54, 1.807) is 11.8 Å². The molecule has 2 aromatic heterocycles. The number of thioether (sulfide) groups is 1. The standard InChI is InChI=1S/C11H13N5OS/c17-11(8-6-18-7-13-8)12-5-10-15-14-9-3-1-2-4-16(9)10/h1-4,8,13H,5-7H2,(H,12,17). The van der Waals surface area contributed by atoms with Crippen LogP contribution in [0.25, 0.3) is 5.65 Å². The van der Waals surface area contributed by atoms with Gasteiger partial charge < -0.3 is 5.32 Å². The Hall–Kier alpha value is -1.60. The minimum Gasteiger partial charge on any atom is -0.347 e. The van der Waals surface area contributed by atoms with Gasteiger partial charge in [-0.05, 0) is 12.1 Å². The van der Waals surface area contributed by atoms with Crippen LogP contribution in [0.15, 0.2) is 24.4 Å². The van der Waals surface area contributed by atoms with E-state index in [0.717, 1.165) is 23.1 Å². The summed E-state index contributed by atoms with van der Waals surface area (Å²) < 4.78 is 1.87. The molecule has 3 heterocycles. The lowest BCUT2D eigenvalue weighted by atomic mass is 10.3. The fourth-order valence-corrected chi connectivity index (χ4v) is 2.81. The fraction of sp³-hybridized carbons (Fsp3) is 0.364. The van der Waals surface area contributed by atoms with E-state index in [-0.39, 0.29) is 11.9 Å². The molecule has 0 aromatic carbocycles. The van der Waals surface area contributed by atoms with Crippen LogP contribution in [0.1, 0.15) is 5.82 Å². The monoisotopic (exact) mass is 263 g/mol. The number of carbonyl (C=O) groups is 1. The zero-order chi connectivity index (χ0) is 12.4. The predicted octanol–water partition coefficient (Wildman–Crippen LogP) is 0.00800. The molecule has 1 saturated heterocycles. The zero-order valence-electron chi connectivity index (χ0n) is 9.67. The van der Waals surface area contributed by atoms with Crippen LogP contribution in [0.3, 0.4) is 0 Å². The highest BCUT2D eigenvalue weighted by Gasteiger charge is 2.22. The molecule has 18 heavy (non-hydrogen) atoms. The third-order valence-electron chi connectivity index (χ3n) is 2.84. The van der Waals surface area contributed by atoms with E-state index < -0.39 is 0 Å². The Bertz CT molecular complexity index is 563. The van der Waals surface area contributed by atoms with E-state index in [1.807, 2.05) is 28.8 Å². The van der Waals surface area contributed by atoms with Crippen LogP contribution in [0.5, 0.6) is 0 Å². The first-order chi connectivity index (χ1) is 8.84. The normalized spacial score (nSPS) is 19.2. The zero-order valence-corrected chi connectivity index (χ0v) is 10.5. The molecule has 0 radical (unpaired) electrons. The van der Waals surface area contributed by atoms with Crippen molar-refractivity contribution in [2.75, 3.05) is 11.6 Å². The summed E-state index contributed by atoms with van der Waals surface area (Å²) in [6.45, 7) is 0.396. The molecule has 7 heteroatoms.